The van der Waals surface area contributed by atoms with Crippen LogP contribution in [0.3, 0.4) is 0 Å². The van der Waals surface area contributed by atoms with Crippen molar-refractivity contribution >= 4 is 19.7 Å². The zero-order chi connectivity index (χ0) is 18.3. The second kappa shape index (κ2) is 14.2. The van der Waals surface area contributed by atoms with Gasteiger partial charge in [0.05, 0.1) is 0 Å². The lowest BCUT2D eigenvalue weighted by Gasteiger charge is -2.18. The monoisotopic (exact) mass is 388 g/mol. The third-order valence-electron chi connectivity index (χ3n) is 4.63. The smallest absolute Gasteiger partial charge is 0.0270 e. The average Bonchev–Trinajstić information content (AvgIpc) is 2.70. The van der Waals surface area contributed by atoms with Crippen LogP contribution in [0.25, 0.3) is 0 Å². The van der Waals surface area contributed by atoms with Crippen LogP contribution in [0.4, 0.5) is 0 Å². The predicted molar refractivity (Wildman–Crippen MR) is 119 cm³/mol. The van der Waals surface area contributed by atoms with Gasteiger partial charge >= 0.3 is 0 Å². The van der Waals surface area contributed by atoms with Crippen LogP contribution in [-0.4, -0.2) is 40.0 Å². The zero-order valence-corrected chi connectivity index (χ0v) is 17.9. The third-order valence-corrected chi connectivity index (χ3v) is 8.57. The molecule has 0 unspecified atom stereocenters. The molecule has 0 aliphatic rings. The van der Waals surface area contributed by atoms with Gasteiger partial charge < -0.3 is 0 Å². The highest BCUT2D eigenvalue weighted by atomic mass is 32.2. The van der Waals surface area contributed by atoms with Crippen molar-refractivity contribution in [2.45, 2.75) is 45.4 Å². The van der Waals surface area contributed by atoms with E-state index in [0.29, 0.717) is 0 Å². The van der Waals surface area contributed by atoms with Crippen LogP contribution >= 0.6 is 19.7 Å². The summed E-state index contributed by atoms with van der Waals surface area (Å²) in [6.45, 7) is 2.28. The van der Waals surface area contributed by atoms with Crippen molar-refractivity contribution in [1.29, 1.82) is 0 Å². The summed E-state index contributed by atoms with van der Waals surface area (Å²) >= 11 is 2.17. The van der Waals surface area contributed by atoms with E-state index in [1.165, 1.54) is 79.6 Å². The molecule has 2 nitrogen and oxygen atoms in total. The van der Waals surface area contributed by atoms with E-state index in [0.717, 1.165) is 0 Å². The molecule has 4 heteroatoms. The molecule has 2 rings (SSSR count). The van der Waals surface area contributed by atoms with E-state index in [1.54, 1.807) is 0 Å². The number of rotatable bonds is 14. The van der Waals surface area contributed by atoms with Crippen LogP contribution in [-0.2, 0) is 12.8 Å². The van der Waals surface area contributed by atoms with Crippen LogP contribution in [0.1, 0.15) is 43.7 Å². The van der Waals surface area contributed by atoms with E-state index in [2.05, 4.69) is 52.9 Å². The Morgan fingerprint density at radius 2 is 1.31 bits per heavy atom. The summed E-state index contributed by atoms with van der Waals surface area (Å²) in [6.07, 6.45) is 19.7. The molecule has 142 valence electrons. The molecule has 0 fully saturated rings. The molecule has 0 N–H and O–H groups in total. The highest BCUT2D eigenvalue weighted by Gasteiger charge is 2.09. The molecule has 0 radical (unpaired) electrons. The minimum atomic E-state index is 0.103. The first kappa shape index (κ1) is 21.4. The second-order valence-electron chi connectivity index (χ2n) is 6.73. The number of aromatic nitrogens is 2. The van der Waals surface area contributed by atoms with Gasteiger partial charge in [-0.25, -0.2) is 0 Å². The molecule has 26 heavy (non-hydrogen) atoms. The molecule has 0 spiro atoms. The molecule has 0 saturated heterocycles. The molecule has 0 aromatic carbocycles. The van der Waals surface area contributed by atoms with Crippen LogP contribution in [0, 0.1) is 0 Å². The standard InChI is InChI=1S/C22H33N2PS/c1-2-3-4-5-19-26-20-18-25(16-10-21-6-12-23-13-7-21)17-11-22-8-14-24-15-9-22/h6-9,12-15H,2-5,10-11,16-20H2,1H3. The Bertz CT molecular complexity index is 521. The van der Waals surface area contributed by atoms with E-state index >= 15 is 0 Å². The average molecular weight is 389 g/mol. The summed E-state index contributed by atoms with van der Waals surface area (Å²) in [5.41, 5.74) is 2.87. The lowest BCUT2D eigenvalue weighted by Crippen LogP contribution is -2.03. The fraction of sp³-hybridized carbons (Fsp3) is 0.545. The number of pyridine rings is 2. The van der Waals surface area contributed by atoms with E-state index in [-0.39, 0.29) is 7.92 Å². The largest absolute Gasteiger partial charge is 0.265 e. The highest BCUT2D eigenvalue weighted by Crippen LogP contribution is 2.37. The van der Waals surface area contributed by atoms with E-state index in [4.69, 9.17) is 0 Å². The molecule has 0 aliphatic heterocycles. The van der Waals surface area contributed by atoms with Gasteiger partial charge in [0.2, 0.25) is 0 Å². The van der Waals surface area contributed by atoms with E-state index < -0.39 is 0 Å². The van der Waals surface area contributed by atoms with Gasteiger partial charge in [0.25, 0.3) is 0 Å². The SMILES string of the molecule is CCCCCCSCCP(CCc1ccncc1)CCc1ccncc1. The molecule has 0 bridgehead atoms. The molecule has 2 aromatic rings. The summed E-state index contributed by atoms with van der Waals surface area (Å²) in [6, 6.07) is 8.66. The van der Waals surface area contributed by atoms with Crippen molar-refractivity contribution in [1.82, 2.24) is 9.97 Å². The molecular weight excluding hydrogens is 355 g/mol. The van der Waals surface area contributed by atoms with Crippen LogP contribution < -0.4 is 0 Å². The minimum Gasteiger partial charge on any atom is -0.265 e. The highest BCUT2D eigenvalue weighted by molar-refractivity contribution is 7.99. The molecule has 0 saturated carbocycles. The number of hydrogen-bond acceptors (Lipinski definition) is 3. The molecule has 0 atom stereocenters. The number of hydrogen-bond donors (Lipinski definition) is 0. The maximum Gasteiger partial charge on any atom is 0.0270 e. The van der Waals surface area contributed by atoms with Gasteiger partial charge in [0.1, 0.15) is 0 Å². The lowest BCUT2D eigenvalue weighted by atomic mass is 10.2. The number of nitrogens with zero attached hydrogens (tertiary/aromatic N) is 2. The number of unbranched alkanes of at least 4 members (excludes halogenated alkanes) is 3. The van der Waals surface area contributed by atoms with Gasteiger partial charge in [-0.15, -0.1) is 7.92 Å². The van der Waals surface area contributed by atoms with Gasteiger partial charge in [0.15, 0.2) is 0 Å². The summed E-state index contributed by atoms with van der Waals surface area (Å²) in [4.78, 5) is 8.27. The van der Waals surface area contributed by atoms with Crippen LogP contribution in [0.5, 0.6) is 0 Å². The molecule has 0 aliphatic carbocycles. The zero-order valence-electron chi connectivity index (χ0n) is 16.1. The Hall–Kier alpha value is -0.920. The minimum absolute atomic E-state index is 0.103. The van der Waals surface area contributed by atoms with Crippen molar-refractivity contribution in [2.24, 2.45) is 0 Å². The van der Waals surface area contributed by atoms with Gasteiger partial charge in [-0.3, -0.25) is 9.97 Å². The maximum absolute atomic E-state index is 4.14. The summed E-state index contributed by atoms with van der Waals surface area (Å²) in [5, 5.41) is 0. The molecule has 2 aromatic heterocycles. The molecule has 2 heterocycles. The normalized spacial score (nSPS) is 11.2. The third kappa shape index (κ3) is 9.69. The molecular formula is C22H33N2PS. The Kier molecular flexibility index (Phi) is 11.7. The van der Waals surface area contributed by atoms with E-state index in [1.807, 2.05) is 24.8 Å². The predicted octanol–water partition coefficient (Wildman–Crippen LogP) is 6.06. The number of aryl methyl sites for hydroxylation is 2. The van der Waals surface area contributed by atoms with Gasteiger partial charge in [-0.2, -0.15) is 11.8 Å². The van der Waals surface area contributed by atoms with E-state index in [9.17, 15) is 0 Å². The summed E-state index contributed by atoms with van der Waals surface area (Å²) in [5.74, 6) is 2.68. The first-order valence-electron chi connectivity index (χ1n) is 9.96. The van der Waals surface area contributed by atoms with Crippen molar-refractivity contribution in [3.8, 4) is 0 Å². The van der Waals surface area contributed by atoms with Crippen LogP contribution in [0.15, 0.2) is 49.1 Å². The first-order chi connectivity index (χ1) is 12.9. The second-order valence-corrected chi connectivity index (χ2v) is 10.6. The first-order valence-corrected chi connectivity index (χ1v) is 13.0. The van der Waals surface area contributed by atoms with Crippen LogP contribution in [0.2, 0.25) is 0 Å². The quantitative estimate of drug-likeness (QED) is 0.291. The van der Waals surface area contributed by atoms with Gasteiger partial charge in [-0.1, -0.05) is 26.2 Å². The van der Waals surface area contributed by atoms with Gasteiger partial charge in [0, 0.05) is 24.8 Å². The van der Waals surface area contributed by atoms with Crippen molar-refractivity contribution in [3.05, 3.63) is 60.2 Å². The van der Waals surface area contributed by atoms with Gasteiger partial charge in [-0.05, 0) is 84.6 Å². The maximum atomic E-state index is 4.14. The fourth-order valence-electron chi connectivity index (χ4n) is 2.94. The van der Waals surface area contributed by atoms with Crippen molar-refractivity contribution < 1.29 is 0 Å². The topological polar surface area (TPSA) is 25.8 Å². The Labute approximate surface area is 165 Å². The Balaban J connectivity index is 1.72. The Morgan fingerprint density at radius 1 is 0.731 bits per heavy atom. The molecule has 0 amide bonds. The Morgan fingerprint density at radius 3 is 1.85 bits per heavy atom. The van der Waals surface area contributed by atoms with Crippen molar-refractivity contribution in [3.63, 3.8) is 0 Å². The number of thioether (sulfide) groups is 1. The van der Waals surface area contributed by atoms with Crippen molar-refractivity contribution in [2.75, 3.05) is 30.0 Å². The summed E-state index contributed by atoms with van der Waals surface area (Å²) in [7, 11) is 0.103. The summed E-state index contributed by atoms with van der Waals surface area (Å²) < 4.78 is 0. The lowest BCUT2D eigenvalue weighted by molar-refractivity contribution is 0.706. The fourth-order valence-corrected chi connectivity index (χ4v) is 6.92.